The Hall–Kier alpha value is 1.57. The molecule has 0 fully saturated rings. The summed E-state index contributed by atoms with van der Waals surface area (Å²) in [6, 6.07) is -1.60. The zero-order valence-corrected chi connectivity index (χ0v) is 8.28. The summed E-state index contributed by atoms with van der Waals surface area (Å²) >= 11 is 19.6. The maximum atomic E-state index is 5.47. The summed E-state index contributed by atoms with van der Waals surface area (Å²) in [7, 11) is 0. The Kier molecular flexibility index (Phi) is 4.36. The van der Waals surface area contributed by atoms with Crippen molar-refractivity contribution in [1.82, 2.24) is 0 Å². The summed E-state index contributed by atoms with van der Waals surface area (Å²) in [5, 5.41) is 0.787. The van der Waals surface area contributed by atoms with Gasteiger partial charge in [-0.25, -0.2) is 0 Å². The van der Waals surface area contributed by atoms with Crippen molar-refractivity contribution in [2.45, 2.75) is 6.04 Å². The van der Waals surface area contributed by atoms with E-state index < -0.39 is 6.00 Å². The van der Waals surface area contributed by atoms with Gasteiger partial charge in [0.1, 0.15) is 0 Å². The Labute approximate surface area is 66.4 Å². The minimum absolute atomic E-state index is 0.692. The molecule has 0 radical (unpaired) electrons. The van der Waals surface area contributed by atoms with E-state index in [9.17, 15) is 0 Å². The van der Waals surface area contributed by atoms with Gasteiger partial charge >= 0.3 is 6.00 Å². The lowest BCUT2D eigenvalue weighted by Crippen LogP contribution is -2.08. The topological polar surface area (TPSA) is 0 Å². The standard InChI is InChI=1S/C2H4BrCl3Si/c3-1-2-7(4,5)6/h1-2H2. The molecule has 0 atom stereocenters. The third-order valence-corrected chi connectivity index (χ3v) is 4.02. The molecule has 0 aliphatic heterocycles. The van der Waals surface area contributed by atoms with Crippen LogP contribution in [0.15, 0.2) is 0 Å². The zero-order valence-electron chi connectivity index (χ0n) is 3.43. The van der Waals surface area contributed by atoms with Crippen LogP contribution in [0.25, 0.3) is 0 Å². The lowest BCUT2D eigenvalue weighted by atomic mass is 11.0. The zero-order chi connectivity index (χ0) is 5.91. The molecule has 0 spiro atoms. The molecule has 0 saturated heterocycles. The van der Waals surface area contributed by atoms with Crippen molar-refractivity contribution in [2.24, 2.45) is 0 Å². The van der Waals surface area contributed by atoms with Gasteiger partial charge in [0.05, 0.1) is 0 Å². The summed E-state index contributed by atoms with van der Waals surface area (Å²) in [6.07, 6.45) is 0. The summed E-state index contributed by atoms with van der Waals surface area (Å²) < 4.78 is 0. The van der Waals surface area contributed by atoms with Gasteiger partial charge in [-0.15, -0.1) is 33.2 Å². The number of halogens is 4. The van der Waals surface area contributed by atoms with Gasteiger partial charge in [-0.1, -0.05) is 15.9 Å². The van der Waals surface area contributed by atoms with Crippen LogP contribution in [-0.2, 0) is 0 Å². The molecule has 0 aromatic heterocycles. The van der Waals surface area contributed by atoms with Crippen molar-refractivity contribution >= 4 is 55.2 Å². The maximum Gasteiger partial charge on any atom is 0.342 e. The van der Waals surface area contributed by atoms with E-state index in [0.717, 1.165) is 5.33 Å². The largest absolute Gasteiger partial charge is 0.342 e. The van der Waals surface area contributed by atoms with Crippen LogP contribution in [-0.4, -0.2) is 11.3 Å². The van der Waals surface area contributed by atoms with Crippen LogP contribution < -0.4 is 0 Å². The van der Waals surface area contributed by atoms with Crippen molar-refractivity contribution in [3.8, 4) is 0 Å². The van der Waals surface area contributed by atoms with Gasteiger partial charge < -0.3 is 0 Å². The van der Waals surface area contributed by atoms with Crippen molar-refractivity contribution in [3.63, 3.8) is 0 Å². The quantitative estimate of drug-likeness (QED) is 0.397. The third kappa shape index (κ3) is 7.57. The molecule has 0 rings (SSSR count). The fourth-order valence-electron chi connectivity index (χ4n) is 0.107. The highest BCUT2D eigenvalue weighted by Gasteiger charge is 2.22. The van der Waals surface area contributed by atoms with Crippen LogP contribution in [0.4, 0.5) is 0 Å². The van der Waals surface area contributed by atoms with Gasteiger partial charge in [-0.05, 0) is 6.04 Å². The van der Waals surface area contributed by atoms with E-state index in [1.54, 1.807) is 0 Å². The van der Waals surface area contributed by atoms with Crippen LogP contribution in [0.5, 0.6) is 0 Å². The van der Waals surface area contributed by atoms with Crippen LogP contribution in [0, 0.1) is 0 Å². The van der Waals surface area contributed by atoms with E-state index in [4.69, 9.17) is 33.2 Å². The lowest BCUT2D eigenvalue weighted by molar-refractivity contribution is 1.51. The van der Waals surface area contributed by atoms with Gasteiger partial charge in [-0.3, -0.25) is 0 Å². The summed E-state index contributed by atoms with van der Waals surface area (Å²) in [6.45, 7) is 0. The van der Waals surface area contributed by atoms with E-state index in [0.29, 0.717) is 6.04 Å². The molecule has 0 unspecified atom stereocenters. The first-order valence-corrected chi connectivity index (χ1v) is 8.05. The monoisotopic (exact) mass is 240 g/mol. The normalized spacial score (nSPS) is 12.0. The van der Waals surface area contributed by atoms with E-state index in [2.05, 4.69) is 15.9 Å². The van der Waals surface area contributed by atoms with Gasteiger partial charge in [0.15, 0.2) is 0 Å². The van der Waals surface area contributed by atoms with E-state index >= 15 is 0 Å². The van der Waals surface area contributed by atoms with Crippen LogP contribution in [0.2, 0.25) is 6.04 Å². The average molecular weight is 242 g/mol. The van der Waals surface area contributed by atoms with E-state index in [-0.39, 0.29) is 0 Å². The number of alkyl halides is 1. The molecular weight excluding hydrogens is 238 g/mol. The molecule has 0 aromatic carbocycles. The molecule has 0 nitrogen and oxygen atoms in total. The van der Waals surface area contributed by atoms with Gasteiger partial charge in [0, 0.05) is 5.33 Å². The number of rotatable bonds is 2. The lowest BCUT2D eigenvalue weighted by Gasteiger charge is -2.01. The van der Waals surface area contributed by atoms with Crippen molar-refractivity contribution in [2.75, 3.05) is 5.33 Å². The Morgan fingerprint density at radius 2 is 1.71 bits per heavy atom. The first kappa shape index (κ1) is 8.57. The van der Waals surface area contributed by atoms with Crippen molar-refractivity contribution in [3.05, 3.63) is 0 Å². The number of hydrogen-bond acceptors (Lipinski definition) is 0. The molecule has 0 amide bonds. The fraction of sp³-hybridized carbons (Fsp3) is 1.00. The van der Waals surface area contributed by atoms with Crippen LogP contribution >= 0.6 is 49.2 Å². The first-order chi connectivity index (χ1) is 3.06. The highest BCUT2D eigenvalue weighted by Crippen LogP contribution is 2.25. The molecule has 0 saturated carbocycles. The first-order valence-electron chi connectivity index (χ1n) is 1.69. The highest BCUT2D eigenvalue weighted by molar-refractivity contribution is 9.09. The summed E-state index contributed by atoms with van der Waals surface area (Å²) in [5.74, 6) is 0. The molecule has 0 aliphatic carbocycles. The predicted octanol–water partition coefficient (Wildman–Crippen LogP) is 3.04. The summed E-state index contributed by atoms with van der Waals surface area (Å²) in [5.41, 5.74) is 0. The highest BCUT2D eigenvalue weighted by atomic mass is 79.9. The van der Waals surface area contributed by atoms with Gasteiger partial charge in [0.2, 0.25) is 0 Å². The minimum atomic E-state index is -2.29. The second-order valence-corrected chi connectivity index (χ2v) is 11.1. The van der Waals surface area contributed by atoms with Crippen molar-refractivity contribution < 1.29 is 0 Å². The van der Waals surface area contributed by atoms with Gasteiger partial charge in [-0.2, -0.15) is 0 Å². The molecule has 0 aliphatic rings. The molecule has 0 aromatic rings. The van der Waals surface area contributed by atoms with Crippen LogP contribution in [0.1, 0.15) is 0 Å². The second-order valence-electron chi connectivity index (χ2n) is 1.05. The molecule has 0 bridgehead atoms. The Balaban J connectivity index is 3.15. The number of hydrogen-bond donors (Lipinski definition) is 0. The molecule has 7 heavy (non-hydrogen) atoms. The van der Waals surface area contributed by atoms with E-state index in [1.165, 1.54) is 0 Å². The van der Waals surface area contributed by atoms with Crippen LogP contribution in [0.3, 0.4) is 0 Å². The minimum Gasteiger partial charge on any atom is -0.126 e. The molecule has 0 heterocycles. The van der Waals surface area contributed by atoms with E-state index in [1.807, 2.05) is 0 Å². The molecule has 5 heteroatoms. The third-order valence-electron chi connectivity index (χ3n) is 0.378. The SMILES string of the molecule is Cl[Si](Cl)(Cl)CCBr. The average Bonchev–Trinajstić information content (AvgIpc) is 1.30. The molecule has 0 N–H and O–H groups in total. The van der Waals surface area contributed by atoms with Crippen molar-refractivity contribution in [1.29, 1.82) is 0 Å². The van der Waals surface area contributed by atoms with Gasteiger partial charge in [0.25, 0.3) is 0 Å². The summed E-state index contributed by atoms with van der Waals surface area (Å²) in [4.78, 5) is 0. The molecular formula is C2H4BrCl3Si. The second kappa shape index (κ2) is 3.57. The Bertz CT molecular complexity index is 51.4. The maximum absolute atomic E-state index is 5.47. The Morgan fingerprint density at radius 1 is 1.29 bits per heavy atom. The Morgan fingerprint density at radius 3 is 1.71 bits per heavy atom. The molecule has 44 valence electrons. The smallest absolute Gasteiger partial charge is 0.126 e. The predicted molar refractivity (Wildman–Crippen MR) is 41.9 cm³/mol. The fourth-order valence-corrected chi connectivity index (χ4v) is 5.01.